The molecule has 5 nitrogen and oxygen atoms in total. The highest BCUT2D eigenvalue weighted by Crippen LogP contribution is 2.57. The molecule has 9 heteroatoms. The Kier molecular flexibility index (Phi) is 4.04. The maximum Gasteiger partial charge on any atom is 0.312 e. The van der Waals surface area contributed by atoms with Crippen molar-refractivity contribution in [2.45, 2.75) is 42.4 Å². The molecule has 0 aromatic heterocycles. The van der Waals surface area contributed by atoms with Gasteiger partial charge in [-0.05, 0) is 25.0 Å². The summed E-state index contributed by atoms with van der Waals surface area (Å²) in [6.45, 7) is 0.00656. The van der Waals surface area contributed by atoms with Crippen LogP contribution in [-0.4, -0.2) is 32.3 Å². The van der Waals surface area contributed by atoms with Gasteiger partial charge in [-0.2, -0.15) is 14.0 Å². The van der Waals surface area contributed by atoms with Crippen LogP contribution in [0.25, 0.3) is 0 Å². The van der Waals surface area contributed by atoms with Gasteiger partial charge in [-0.15, -0.1) is 0 Å². The number of sulfone groups is 1. The number of hydrogen-bond acceptors (Lipinski definition) is 5. The number of nitriles is 1. The van der Waals surface area contributed by atoms with E-state index in [-0.39, 0.29) is 12.4 Å². The lowest BCUT2D eigenvalue weighted by Crippen LogP contribution is -2.24. The summed E-state index contributed by atoms with van der Waals surface area (Å²) in [6, 6.07) is 4.29. The molecule has 0 saturated heterocycles. The van der Waals surface area contributed by atoms with Crippen molar-refractivity contribution >= 4 is 9.84 Å². The molecular weight excluding hydrogens is 359 g/mol. The lowest BCUT2D eigenvalue weighted by atomic mass is 10.1. The summed E-state index contributed by atoms with van der Waals surface area (Å²) in [5, 5.41) is 18.8. The van der Waals surface area contributed by atoms with Crippen molar-refractivity contribution < 1.29 is 31.4 Å². The predicted octanol–water partition coefficient (Wildman–Crippen LogP) is 2.86. The first-order chi connectivity index (χ1) is 11.5. The number of aliphatic hydroxyl groups is 1. The zero-order valence-electron chi connectivity index (χ0n) is 13.3. The van der Waals surface area contributed by atoms with E-state index < -0.39 is 49.5 Å². The number of benzene rings is 1. The fraction of sp³-hybridized carbons (Fsp3) is 0.562. The summed E-state index contributed by atoms with van der Waals surface area (Å²) in [7, 11) is -3.95. The monoisotopic (exact) mass is 375 g/mol. The smallest absolute Gasteiger partial charge is 0.312 e. The van der Waals surface area contributed by atoms with E-state index in [2.05, 4.69) is 6.07 Å². The molecule has 25 heavy (non-hydrogen) atoms. The molecule has 1 saturated carbocycles. The Morgan fingerprint density at radius 1 is 1.36 bits per heavy atom. The Hall–Kier alpha value is -1.79. The molecule has 0 heterocycles. The zero-order valence-corrected chi connectivity index (χ0v) is 14.1. The molecule has 0 bridgehead atoms. The van der Waals surface area contributed by atoms with Gasteiger partial charge in [0.05, 0.1) is 23.0 Å². The average molecular weight is 375 g/mol. The summed E-state index contributed by atoms with van der Waals surface area (Å²) in [4.78, 5) is -0.544. The van der Waals surface area contributed by atoms with Crippen LogP contribution in [0.15, 0.2) is 17.0 Å². The van der Waals surface area contributed by atoms with Gasteiger partial charge in [-0.1, -0.05) is 0 Å². The van der Waals surface area contributed by atoms with E-state index in [0.29, 0.717) is 6.42 Å². The first-order valence-electron chi connectivity index (χ1n) is 7.64. The van der Waals surface area contributed by atoms with Crippen molar-refractivity contribution in [3.05, 3.63) is 23.3 Å². The number of halogens is 3. The highest BCUT2D eigenvalue weighted by atomic mass is 32.2. The third kappa shape index (κ3) is 2.87. The number of ether oxygens (including phenoxy) is 1. The van der Waals surface area contributed by atoms with Crippen LogP contribution < -0.4 is 4.74 Å². The lowest BCUT2D eigenvalue weighted by molar-refractivity contribution is -0.144. The molecule has 1 aromatic rings. The van der Waals surface area contributed by atoms with Gasteiger partial charge < -0.3 is 9.84 Å². The quantitative estimate of drug-likeness (QED) is 0.855. The van der Waals surface area contributed by atoms with Gasteiger partial charge in [0.1, 0.15) is 11.9 Å². The van der Waals surface area contributed by atoms with Crippen LogP contribution in [0.2, 0.25) is 0 Å². The molecule has 1 N–H and O–H groups in total. The van der Waals surface area contributed by atoms with E-state index in [1.165, 1.54) is 0 Å². The fourth-order valence-corrected chi connectivity index (χ4v) is 3.97. The second-order valence-corrected chi connectivity index (χ2v) is 8.58. The van der Waals surface area contributed by atoms with Crippen molar-refractivity contribution in [2.24, 2.45) is 5.41 Å². The Labute approximate surface area is 142 Å². The maximum absolute atomic E-state index is 14.3. The largest absolute Gasteiger partial charge is 0.493 e. The number of rotatable bonds is 5. The summed E-state index contributed by atoms with van der Waals surface area (Å²) in [5.41, 5.74) is -1.77. The van der Waals surface area contributed by atoms with Crippen LogP contribution in [0.4, 0.5) is 13.2 Å². The van der Waals surface area contributed by atoms with Crippen LogP contribution >= 0.6 is 0 Å². The van der Waals surface area contributed by atoms with E-state index in [1.807, 2.05) is 0 Å². The molecule has 0 radical (unpaired) electrons. The fourth-order valence-electron chi connectivity index (χ4n) is 3.04. The summed E-state index contributed by atoms with van der Waals surface area (Å²) in [6.07, 6.45) is -2.84. The van der Waals surface area contributed by atoms with Gasteiger partial charge in [0.2, 0.25) is 0 Å². The topological polar surface area (TPSA) is 87.4 Å². The molecular formula is C16H16F3NO4S. The van der Waals surface area contributed by atoms with Gasteiger partial charge in [0.25, 0.3) is 0 Å². The molecule has 3 rings (SSSR count). The molecule has 136 valence electrons. The van der Waals surface area contributed by atoms with E-state index in [0.717, 1.165) is 31.2 Å². The van der Waals surface area contributed by atoms with Crippen molar-refractivity contribution in [3.8, 4) is 11.8 Å². The van der Waals surface area contributed by atoms with Gasteiger partial charge in [-0.25, -0.2) is 12.8 Å². The number of alkyl halides is 3. The highest BCUT2D eigenvalue weighted by molar-refractivity contribution is 7.90. The van der Waals surface area contributed by atoms with Crippen LogP contribution in [0.5, 0.6) is 5.75 Å². The average Bonchev–Trinajstić information content (AvgIpc) is 3.28. The molecule has 2 aliphatic rings. The first kappa shape index (κ1) is 18.0. The van der Waals surface area contributed by atoms with Crippen LogP contribution in [0.1, 0.15) is 42.7 Å². The van der Waals surface area contributed by atoms with Crippen LogP contribution in [0, 0.1) is 16.7 Å². The Balaban J connectivity index is 1.98. The lowest BCUT2D eigenvalue weighted by Gasteiger charge is -2.16. The van der Waals surface area contributed by atoms with Crippen molar-refractivity contribution in [1.82, 2.24) is 0 Å². The Bertz CT molecular complexity index is 859. The second-order valence-electron chi connectivity index (χ2n) is 6.59. The van der Waals surface area contributed by atoms with Crippen molar-refractivity contribution in [3.63, 3.8) is 0 Å². The molecule has 1 aromatic carbocycles. The number of nitrogens with zero attached hydrogens (tertiary/aromatic N) is 1. The van der Waals surface area contributed by atoms with Gasteiger partial charge in [0.15, 0.2) is 16.0 Å². The van der Waals surface area contributed by atoms with Crippen molar-refractivity contribution in [1.29, 1.82) is 5.26 Å². The Morgan fingerprint density at radius 2 is 2.00 bits per heavy atom. The minimum atomic E-state index is -4.15. The summed E-state index contributed by atoms with van der Waals surface area (Å²) >= 11 is 0. The molecule has 0 aliphatic heterocycles. The van der Waals surface area contributed by atoms with Gasteiger partial charge >= 0.3 is 5.92 Å². The minimum absolute atomic E-state index is 0.00656. The second kappa shape index (κ2) is 5.61. The van der Waals surface area contributed by atoms with Gasteiger partial charge in [0, 0.05) is 23.8 Å². The van der Waals surface area contributed by atoms with E-state index in [1.54, 1.807) is 0 Å². The molecule has 0 unspecified atom stereocenters. The highest BCUT2D eigenvalue weighted by Gasteiger charge is 2.58. The third-order valence-corrected chi connectivity index (χ3v) is 5.92. The number of hydrogen-bond donors (Lipinski definition) is 1. The predicted molar refractivity (Wildman–Crippen MR) is 80.7 cm³/mol. The molecule has 1 fully saturated rings. The van der Waals surface area contributed by atoms with Crippen LogP contribution in [0.3, 0.4) is 0 Å². The molecule has 2 atom stereocenters. The van der Waals surface area contributed by atoms with E-state index in [9.17, 15) is 26.7 Å². The third-order valence-electron chi connectivity index (χ3n) is 4.76. The normalized spacial score (nSPS) is 25.9. The summed E-state index contributed by atoms with van der Waals surface area (Å²) in [5.74, 6) is -4.38. The Morgan fingerprint density at radius 3 is 2.52 bits per heavy atom. The maximum atomic E-state index is 14.3. The molecule has 0 amide bonds. The van der Waals surface area contributed by atoms with Gasteiger partial charge in [-0.3, -0.25) is 0 Å². The number of fused-ring (bicyclic) bond motifs is 1. The summed E-state index contributed by atoms with van der Waals surface area (Å²) < 4.78 is 71.1. The standard InChI is InChI=1S/C16H16F3NO4S/c1-25(22,23)10-3-2-9(24-7-6-15(8-20)4-5-15)11-12(10)14(21)16(18,19)13(11)17/h2-3,13-14,21H,4-7H2,1H3/t13-,14+/m1/s1. The zero-order chi connectivity index (χ0) is 18.6. The van der Waals surface area contributed by atoms with E-state index in [4.69, 9.17) is 10.00 Å². The van der Waals surface area contributed by atoms with Crippen molar-refractivity contribution in [2.75, 3.05) is 12.9 Å². The molecule has 2 aliphatic carbocycles. The SMILES string of the molecule is CS(=O)(=O)c1ccc(OCCC2(C#N)CC2)c2c1[C@H](O)C(F)(F)[C@@H]2F. The number of aliphatic hydroxyl groups excluding tert-OH is 1. The first-order valence-corrected chi connectivity index (χ1v) is 9.53. The minimum Gasteiger partial charge on any atom is -0.493 e. The molecule has 0 spiro atoms. The van der Waals surface area contributed by atoms with Crippen LogP contribution in [-0.2, 0) is 9.84 Å². The van der Waals surface area contributed by atoms with E-state index >= 15 is 0 Å².